The van der Waals surface area contributed by atoms with Crippen molar-refractivity contribution >= 4 is 23.5 Å². The first-order valence-electron chi connectivity index (χ1n) is 8.91. The van der Waals surface area contributed by atoms with E-state index < -0.39 is 0 Å². The summed E-state index contributed by atoms with van der Waals surface area (Å²) in [5.74, 6) is 0.994. The van der Waals surface area contributed by atoms with Crippen molar-refractivity contribution in [2.45, 2.75) is 32.7 Å². The van der Waals surface area contributed by atoms with Gasteiger partial charge in [-0.25, -0.2) is 0 Å². The lowest BCUT2D eigenvalue weighted by atomic mass is 9.96. The first-order valence-corrected chi connectivity index (χ1v) is 8.91. The van der Waals surface area contributed by atoms with Crippen molar-refractivity contribution in [3.63, 3.8) is 0 Å². The van der Waals surface area contributed by atoms with Crippen LogP contribution in [0.3, 0.4) is 0 Å². The molecule has 3 rings (SSSR count). The molecule has 1 saturated heterocycles. The topological polar surface area (TPSA) is 123 Å². The van der Waals surface area contributed by atoms with Crippen LogP contribution in [0.1, 0.15) is 31.2 Å². The molecular weight excluding hydrogens is 330 g/mol. The smallest absolute Gasteiger partial charge is 0.232 e. The second-order valence-electron chi connectivity index (χ2n) is 6.56. The number of aryl methyl sites for hydroxylation is 1. The Morgan fingerprint density at radius 1 is 1.19 bits per heavy atom. The molecule has 5 N–H and O–H groups in total. The molecule has 8 nitrogen and oxygen atoms in total. The van der Waals surface area contributed by atoms with Gasteiger partial charge in [0.2, 0.25) is 17.8 Å². The number of carbonyl (C=O) groups excluding carboxylic acids is 1. The third-order valence-corrected chi connectivity index (χ3v) is 4.67. The number of likely N-dealkylation sites (tertiary alicyclic amines) is 1. The van der Waals surface area contributed by atoms with E-state index in [4.69, 9.17) is 11.5 Å². The minimum atomic E-state index is -0.213. The van der Waals surface area contributed by atoms with Crippen LogP contribution >= 0.6 is 0 Å². The zero-order valence-corrected chi connectivity index (χ0v) is 15.0. The van der Waals surface area contributed by atoms with Gasteiger partial charge in [-0.1, -0.05) is 19.1 Å². The highest BCUT2D eigenvalue weighted by Gasteiger charge is 2.23. The Balaban J connectivity index is 1.64. The van der Waals surface area contributed by atoms with E-state index in [2.05, 4.69) is 44.2 Å². The second-order valence-corrected chi connectivity index (χ2v) is 6.56. The number of primary amides is 1. The van der Waals surface area contributed by atoms with E-state index in [0.29, 0.717) is 18.3 Å². The highest BCUT2D eigenvalue weighted by atomic mass is 16.1. The quantitative estimate of drug-likeness (QED) is 0.716. The number of hydrogen-bond donors (Lipinski definition) is 3. The fraction of sp³-hybridized carbons (Fsp3) is 0.444. The van der Waals surface area contributed by atoms with Gasteiger partial charge in [0, 0.05) is 11.6 Å². The Labute approximate surface area is 153 Å². The van der Waals surface area contributed by atoms with Gasteiger partial charge in [0.15, 0.2) is 0 Å². The zero-order valence-electron chi connectivity index (χ0n) is 15.0. The lowest BCUT2D eigenvalue weighted by molar-refractivity contribution is -0.123. The number of aromatic nitrogens is 3. The molecule has 2 heterocycles. The number of carbonyl (C=O) groups is 1. The summed E-state index contributed by atoms with van der Waals surface area (Å²) in [6.07, 6.45) is 2.53. The van der Waals surface area contributed by atoms with Crippen LogP contribution in [0.5, 0.6) is 0 Å². The molecular formula is C18H25N7O. The summed E-state index contributed by atoms with van der Waals surface area (Å²) in [6.45, 7) is 4.27. The highest BCUT2D eigenvalue weighted by Crippen LogP contribution is 2.19. The Kier molecular flexibility index (Phi) is 5.62. The van der Waals surface area contributed by atoms with Crippen LogP contribution in [-0.2, 0) is 17.8 Å². The second kappa shape index (κ2) is 8.09. The molecule has 2 aromatic rings. The molecule has 0 radical (unpaired) electrons. The van der Waals surface area contributed by atoms with Crippen molar-refractivity contribution in [1.29, 1.82) is 0 Å². The number of rotatable bonds is 6. The van der Waals surface area contributed by atoms with Crippen LogP contribution in [-0.4, -0.2) is 38.8 Å². The third-order valence-electron chi connectivity index (χ3n) is 4.67. The predicted octanol–water partition coefficient (Wildman–Crippen LogP) is 1.46. The van der Waals surface area contributed by atoms with Crippen molar-refractivity contribution in [3.8, 4) is 0 Å². The Morgan fingerprint density at radius 3 is 2.50 bits per heavy atom. The van der Waals surface area contributed by atoms with Gasteiger partial charge in [-0.3, -0.25) is 9.69 Å². The van der Waals surface area contributed by atoms with Crippen molar-refractivity contribution in [2.24, 2.45) is 11.7 Å². The molecule has 8 heteroatoms. The van der Waals surface area contributed by atoms with E-state index >= 15 is 0 Å². The highest BCUT2D eigenvalue weighted by molar-refractivity contribution is 5.76. The van der Waals surface area contributed by atoms with Crippen LogP contribution in [0.4, 0.5) is 17.6 Å². The SMILES string of the molecule is CCc1ccc(Nc2nc(N)nc(CN3CCC(C(N)=O)CC3)n2)cc1. The minimum Gasteiger partial charge on any atom is -0.369 e. The fourth-order valence-electron chi connectivity index (χ4n) is 3.09. The first kappa shape index (κ1) is 18.1. The largest absolute Gasteiger partial charge is 0.369 e. The summed E-state index contributed by atoms with van der Waals surface area (Å²) in [5.41, 5.74) is 13.4. The molecule has 0 bridgehead atoms. The Bertz CT molecular complexity index is 755. The number of anilines is 3. The fourth-order valence-corrected chi connectivity index (χ4v) is 3.09. The summed E-state index contributed by atoms with van der Waals surface area (Å²) < 4.78 is 0. The molecule has 1 aliphatic heterocycles. The average Bonchev–Trinajstić information content (AvgIpc) is 2.62. The summed E-state index contributed by atoms with van der Waals surface area (Å²) in [5, 5.41) is 3.17. The molecule has 0 saturated carbocycles. The van der Waals surface area contributed by atoms with Gasteiger partial charge < -0.3 is 16.8 Å². The molecule has 138 valence electrons. The number of nitrogen functional groups attached to an aromatic ring is 1. The molecule has 1 aromatic heterocycles. The average molecular weight is 355 g/mol. The summed E-state index contributed by atoms with van der Waals surface area (Å²) in [6, 6.07) is 8.12. The van der Waals surface area contributed by atoms with Crippen LogP contribution in [0.2, 0.25) is 0 Å². The van der Waals surface area contributed by atoms with Crippen LogP contribution in [0.25, 0.3) is 0 Å². The molecule has 1 aromatic carbocycles. The van der Waals surface area contributed by atoms with Crippen molar-refractivity contribution in [1.82, 2.24) is 19.9 Å². The zero-order chi connectivity index (χ0) is 18.5. The van der Waals surface area contributed by atoms with E-state index in [0.717, 1.165) is 38.0 Å². The van der Waals surface area contributed by atoms with E-state index in [1.165, 1.54) is 5.56 Å². The van der Waals surface area contributed by atoms with E-state index in [1.54, 1.807) is 0 Å². The maximum atomic E-state index is 11.3. The maximum Gasteiger partial charge on any atom is 0.232 e. The van der Waals surface area contributed by atoms with Gasteiger partial charge in [-0.15, -0.1) is 0 Å². The molecule has 0 atom stereocenters. The third kappa shape index (κ3) is 4.66. The van der Waals surface area contributed by atoms with E-state index in [-0.39, 0.29) is 17.8 Å². The Morgan fingerprint density at radius 2 is 1.88 bits per heavy atom. The van der Waals surface area contributed by atoms with Gasteiger partial charge in [0.1, 0.15) is 5.82 Å². The monoisotopic (exact) mass is 355 g/mol. The molecule has 0 spiro atoms. The number of hydrogen-bond acceptors (Lipinski definition) is 7. The summed E-state index contributed by atoms with van der Waals surface area (Å²) in [4.78, 5) is 26.3. The lowest BCUT2D eigenvalue weighted by Crippen LogP contribution is -2.38. The summed E-state index contributed by atoms with van der Waals surface area (Å²) in [7, 11) is 0. The number of nitrogens with one attached hydrogen (secondary N) is 1. The minimum absolute atomic E-state index is 0.0296. The number of nitrogens with zero attached hydrogens (tertiary/aromatic N) is 4. The lowest BCUT2D eigenvalue weighted by Gasteiger charge is -2.29. The number of benzene rings is 1. The normalized spacial score (nSPS) is 15.7. The molecule has 1 aliphatic rings. The molecule has 1 fully saturated rings. The summed E-state index contributed by atoms with van der Waals surface area (Å²) >= 11 is 0. The Hall–Kier alpha value is -2.74. The van der Waals surface area contributed by atoms with Crippen molar-refractivity contribution in [3.05, 3.63) is 35.7 Å². The standard InChI is InChI=1S/C18H25N7O/c1-2-12-3-5-14(6-4-12)21-18-23-15(22-17(20)24-18)11-25-9-7-13(8-10-25)16(19)26/h3-6,13H,2,7-11H2,1H3,(H2,19,26)(H3,20,21,22,23,24). The number of piperidine rings is 1. The number of amides is 1. The number of nitrogens with two attached hydrogens (primary N) is 2. The van der Waals surface area contributed by atoms with Crippen LogP contribution in [0, 0.1) is 5.92 Å². The first-order chi connectivity index (χ1) is 12.5. The van der Waals surface area contributed by atoms with Gasteiger partial charge in [-0.2, -0.15) is 15.0 Å². The van der Waals surface area contributed by atoms with Gasteiger partial charge in [-0.05, 0) is 50.0 Å². The van der Waals surface area contributed by atoms with Crippen molar-refractivity contribution in [2.75, 3.05) is 24.1 Å². The van der Waals surface area contributed by atoms with Crippen LogP contribution < -0.4 is 16.8 Å². The van der Waals surface area contributed by atoms with Crippen molar-refractivity contribution < 1.29 is 4.79 Å². The van der Waals surface area contributed by atoms with Gasteiger partial charge in [0.05, 0.1) is 6.54 Å². The van der Waals surface area contributed by atoms with Crippen LogP contribution in [0.15, 0.2) is 24.3 Å². The van der Waals surface area contributed by atoms with Gasteiger partial charge in [0.25, 0.3) is 0 Å². The molecule has 0 unspecified atom stereocenters. The van der Waals surface area contributed by atoms with E-state index in [9.17, 15) is 4.79 Å². The maximum absolute atomic E-state index is 11.3. The molecule has 26 heavy (non-hydrogen) atoms. The molecule has 0 aliphatic carbocycles. The van der Waals surface area contributed by atoms with E-state index in [1.807, 2.05) is 12.1 Å². The predicted molar refractivity (Wildman–Crippen MR) is 101 cm³/mol. The van der Waals surface area contributed by atoms with Gasteiger partial charge >= 0.3 is 0 Å². The molecule has 1 amide bonds.